The number of hydrogen-bond donors (Lipinski definition) is 2. The van der Waals surface area contributed by atoms with Gasteiger partial charge in [-0.2, -0.15) is 0 Å². The maximum absolute atomic E-state index is 14.2. The molecule has 4 aromatic rings. The molecule has 1 aromatic heterocycles. The first kappa shape index (κ1) is 32.7. The fourth-order valence-corrected chi connectivity index (χ4v) is 7.54. The van der Waals surface area contributed by atoms with Crippen molar-refractivity contribution in [3.8, 4) is 0 Å². The summed E-state index contributed by atoms with van der Waals surface area (Å²) in [4.78, 5) is 49.0. The third kappa shape index (κ3) is 7.50. The molecule has 244 valence electrons. The lowest BCUT2D eigenvalue weighted by Crippen LogP contribution is -2.64. The van der Waals surface area contributed by atoms with Gasteiger partial charge in [-0.1, -0.05) is 97.6 Å². The van der Waals surface area contributed by atoms with Gasteiger partial charge in [-0.05, 0) is 47.6 Å². The van der Waals surface area contributed by atoms with Gasteiger partial charge in [0.15, 0.2) is 0 Å². The van der Waals surface area contributed by atoms with Crippen LogP contribution in [0.2, 0.25) is 5.02 Å². The Kier molecular flexibility index (Phi) is 10.2. The second-order valence-corrected chi connectivity index (χ2v) is 13.2. The number of rotatable bonds is 9. The summed E-state index contributed by atoms with van der Waals surface area (Å²) in [6, 6.07) is 26.2. The Bertz CT molecular complexity index is 1700. The molecule has 0 radical (unpaired) electrons. The van der Waals surface area contributed by atoms with Crippen molar-refractivity contribution in [2.45, 2.75) is 63.1 Å². The first-order valence-corrected chi connectivity index (χ1v) is 17.0. The molecular formula is C38H42ClN5O3. The maximum Gasteiger partial charge on any atom is 0.270 e. The predicted octanol–water partition coefficient (Wildman–Crippen LogP) is 5.95. The zero-order valence-corrected chi connectivity index (χ0v) is 27.6. The normalized spacial score (nSPS) is 17.9. The van der Waals surface area contributed by atoms with Crippen molar-refractivity contribution in [2.75, 3.05) is 26.2 Å². The number of halogens is 1. The van der Waals surface area contributed by atoms with E-state index in [1.165, 1.54) is 6.42 Å². The zero-order chi connectivity index (χ0) is 32.8. The van der Waals surface area contributed by atoms with E-state index in [0.717, 1.165) is 47.6 Å². The standard InChI is InChI=1S/C38H42ClN5O3/c1-27(45)41-35(29-10-4-2-5-11-29)38(18-8-3-9-19-38)44-22-20-43(21-23-44)37(47)34(24-28-14-16-32(39)17-15-28)42-36(46)33-25-30-12-6-7-13-31(30)26-40-33/h2,4-7,10-17,25-26,34-35H,3,8-9,18-24H2,1H3,(H,41,45)(H,42,46). The van der Waals surface area contributed by atoms with E-state index in [0.29, 0.717) is 37.6 Å². The fourth-order valence-electron chi connectivity index (χ4n) is 7.42. The van der Waals surface area contributed by atoms with E-state index in [4.69, 9.17) is 11.6 Å². The third-order valence-corrected chi connectivity index (χ3v) is 10.0. The first-order valence-electron chi connectivity index (χ1n) is 16.6. The monoisotopic (exact) mass is 651 g/mol. The molecule has 1 aliphatic heterocycles. The number of carbonyl (C=O) groups excluding carboxylic acids is 3. The average Bonchev–Trinajstić information content (AvgIpc) is 3.11. The quantitative estimate of drug-likeness (QED) is 0.233. The molecule has 2 aliphatic rings. The number of benzene rings is 3. The van der Waals surface area contributed by atoms with E-state index in [9.17, 15) is 14.4 Å². The van der Waals surface area contributed by atoms with Gasteiger partial charge in [-0.15, -0.1) is 0 Å². The van der Waals surface area contributed by atoms with Crippen LogP contribution in [0.4, 0.5) is 0 Å². The highest BCUT2D eigenvalue weighted by molar-refractivity contribution is 6.30. The minimum absolute atomic E-state index is 0.0423. The number of carbonyl (C=O) groups is 3. The Labute approximate surface area is 281 Å². The molecule has 1 saturated carbocycles. The van der Waals surface area contributed by atoms with Crippen molar-refractivity contribution >= 4 is 40.1 Å². The van der Waals surface area contributed by atoms with Crippen LogP contribution in [0.3, 0.4) is 0 Å². The topological polar surface area (TPSA) is 94.6 Å². The van der Waals surface area contributed by atoms with Crippen LogP contribution in [0.1, 0.15) is 66.7 Å². The van der Waals surface area contributed by atoms with Gasteiger partial charge in [0.1, 0.15) is 11.7 Å². The molecule has 8 nitrogen and oxygen atoms in total. The number of aromatic nitrogens is 1. The highest BCUT2D eigenvalue weighted by atomic mass is 35.5. The summed E-state index contributed by atoms with van der Waals surface area (Å²) in [5.74, 6) is -0.545. The van der Waals surface area contributed by atoms with Gasteiger partial charge in [0, 0.05) is 61.7 Å². The van der Waals surface area contributed by atoms with Crippen LogP contribution < -0.4 is 10.6 Å². The molecule has 2 heterocycles. The number of nitrogens with one attached hydrogen (secondary N) is 2. The van der Waals surface area contributed by atoms with Crippen molar-refractivity contribution in [1.82, 2.24) is 25.4 Å². The number of piperazine rings is 1. The Morgan fingerprint density at radius 1 is 0.830 bits per heavy atom. The number of pyridine rings is 1. The lowest BCUT2D eigenvalue weighted by Gasteiger charge is -2.54. The van der Waals surface area contributed by atoms with Gasteiger partial charge in [0.2, 0.25) is 11.8 Å². The summed E-state index contributed by atoms with van der Waals surface area (Å²) in [6.07, 6.45) is 7.35. The van der Waals surface area contributed by atoms with Crippen molar-refractivity contribution in [2.24, 2.45) is 0 Å². The van der Waals surface area contributed by atoms with E-state index in [1.807, 2.05) is 59.5 Å². The van der Waals surface area contributed by atoms with Gasteiger partial charge in [0.25, 0.3) is 5.91 Å². The highest BCUT2D eigenvalue weighted by Crippen LogP contribution is 2.43. The van der Waals surface area contributed by atoms with Crippen molar-refractivity contribution in [3.05, 3.63) is 113 Å². The smallest absolute Gasteiger partial charge is 0.270 e. The molecule has 1 aliphatic carbocycles. The Balaban J connectivity index is 1.21. The zero-order valence-electron chi connectivity index (χ0n) is 26.8. The Morgan fingerprint density at radius 2 is 1.49 bits per heavy atom. The summed E-state index contributed by atoms with van der Waals surface area (Å²) < 4.78 is 0. The predicted molar refractivity (Wildman–Crippen MR) is 185 cm³/mol. The van der Waals surface area contributed by atoms with Crippen molar-refractivity contribution in [1.29, 1.82) is 0 Å². The summed E-state index contributed by atoms with van der Waals surface area (Å²) in [5.41, 5.74) is 2.04. The molecular weight excluding hydrogens is 610 g/mol. The molecule has 0 spiro atoms. The van der Waals surface area contributed by atoms with E-state index in [-0.39, 0.29) is 35.0 Å². The summed E-state index contributed by atoms with van der Waals surface area (Å²) in [7, 11) is 0. The molecule has 0 bridgehead atoms. The van der Waals surface area contributed by atoms with Crippen molar-refractivity contribution < 1.29 is 14.4 Å². The van der Waals surface area contributed by atoms with Gasteiger partial charge >= 0.3 is 0 Å². The molecule has 47 heavy (non-hydrogen) atoms. The number of amides is 3. The molecule has 2 fully saturated rings. The molecule has 9 heteroatoms. The van der Waals surface area contributed by atoms with Crippen LogP contribution in [0.5, 0.6) is 0 Å². The van der Waals surface area contributed by atoms with Crippen LogP contribution in [0.25, 0.3) is 10.8 Å². The Morgan fingerprint density at radius 3 is 2.17 bits per heavy atom. The number of fused-ring (bicyclic) bond motifs is 1. The molecule has 6 rings (SSSR count). The summed E-state index contributed by atoms with van der Waals surface area (Å²) >= 11 is 6.14. The lowest BCUT2D eigenvalue weighted by molar-refractivity contribution is -0.137. The fraction of sp³-hybridized carbons (Fsp3) is 0.368. The molecule has 2 N–H and O–H groups in total. The number of hydrogen-bond acceptors (Lipinski definition) is 5. The van der Waals surface area contributed by atoms with Crippen LogP contribution in [0, 0.1) is 0 Å². The minimum Gasteiger partial charge on any atom is -0.348 e. The molecule has 3 aromatic carbocycles. The summed E-state index contributed by atoms with van der Waals surface area (Å²) in [6.45, 7) is 4.02. The largest absolute Gasteiger partial charge is 0.348 e. The van der Waals surface area contributed by atoms with Crippen LogP contribution in [-0.4, -0.2) is 70.3 Å². The Hall–Kier alpha value is -4.27. The minimum atomic E-state index is -0.774. The third-order valence-electron chi connectivity index (χ3n) is 9.78. The second-order valence-electron chi connectivity index (χ2n) is 12.8. The maximum atomic E-state index is 14.2. The molecule has 3 amide bonds. The first-order chi connectivity index (χ1) is 22.8. The highest BCUT2D eigenvalue weighted by Gasteiger charge is 2.47. The van der Waals surface area contributed by atoms with E-state index < -0.39 is 6.04 Å². The van der Waals surface area contributed by atoms with E-state index in [1.54, 1.807) is 31.3 Å². The van der Waals surface area contributed by atoms with Gasteiger partial charge in [-0.25, -0.2) is 0 Å². The van der Waals surface area contributed by atoms with Gasteiger partial charge in [-0.3, -0.25) is 24.3 Å². The average molecular weight is 652 g/mol. The van der Waals surface area contributed by atoms with Gasteiger partial charge in [0.05, 0.1) is 6.04 Å². The van der Waals surface area contributed by atoms with Crippen LogP contribution in [0.15, 0.2) is 91.1 Å². The number of nitrogens with zero attached hydrogens (tertiary/aromatic N) is 3. The van der Waals surface area contributed by atoms with E-state index in [2.05, 4.69) is 32.7 Å². The van der Waals surface area contributed by atoms with Crippen molar-refractivity contribution in [3.63, 3.8) is 0 Å². The van der Waals surface area contributed by atoms with E-state index >= 15 is 0 Å². The molecule has 2 unspecified atom stereocenters. The van der Waals surface area contributed by atoms with Crippen LogP contribution >= 0.6 is 11.6 Å². The SMILES string of the molecule is CC(=O)NC(c1ccccc1)C1(N2CCN(C(=O)C(Cc3ccc(Cl)cc3)NC(=O)c3cc4ccccc4cn3)CC2)CCCCC1. The molecule has 1 saturated heterocycles. The second kappa shape index (κ2) is 14.7. The summed E-state index contributed by atoms with van der Waals surface area (Å²) in [5, 5.41) is 8.79. The lowest BCUT2D eigenvalue weighted by atomic mass is 9.72. The molecule has 2 atom stereocenters. The van der Waals surface area contributed by atoms with Gasteiger partial charge < -0.3 is 15.5 Å². The van der Waals surface area contributed by atoms with Crippen LogP contribution in [-0.2, 0) is 16.0 Å².